The minimum absolute atomic E-state index is 0.0375. The van der Waals surface area contributed by atoms with Crippen LogP contribution in [0.4, 0.5) is 0 Å². The van der Waals surface area contributed by atoms with Crippen molar-refractivity contribution in [2.75, 3.05) is 20.8 Å². The monoisotopic (exact) mass is 396 g/mol. The first-order chi connectivity index (χ1) is 12.6. The van der Waals surface area contributed by atoms with E-state index in [0.717, 1.165) is 11.3 Å². The van der Waals surface area contributed by atoms with Crippen molar-refractivity contribution in [2.45, 2.75) is 63.8 Å². The van der Waals surface area contributed by atoms with Crippen molar-refractivity contribution in [1.82, 2.24) is 0 Å². The smallest absolute Gasteiger partial charge is 0.336 e. The third kappa shape index (κ3) is 5.78. The molecule has 0 aromatic heterocycles. The first-order valence-corrected chi connectivity index (χ1v) is 12.1. The Balaban J connectivity index is 2.14. The Labute approximate surface area is 163 Å². The van der Waals surface area contributed by atoms with Gasteiger partial charge in [0.05, 0.1) is 27.4 Å². The van der Waals surface area contributed by atoms with Gasteiger partial charge in [0.1, 0.15) is 18.0 Å². The first-order valence-electron chi connectivity index (χ1n) is 9.21. The molecular weight excluding hydrogens is 364 g/mol. The number of rotatable bonds is 9. The Hall–Kier alpha value is -1.41. The van der Waals surface area contributed by atoms with Crippen LogP contribution in [0.25, 0.3) is 0 Å². The fourth-order valence-corrected chi connectivity index (χ4v) is 3.63. The van der Waals surface area contributed by atoms with Crippen LogP contribution in [0.15, 0.2) is 24.3 Å². The number of carbonyl (C=O) groups is 1. The van der Waals surface area contributed by atoms with Gasteiger partial charge in [-0.1, -0.05) is 32.9 Å². The summed E-state index contributed by atoms with van der Waals surface area (Å²) in [4.78, 5) is 12.5. The van der Waals surface area contributed by atoms with E-state index in [1.54, 1.807) is 7.11 Å². The Morgan fingerprint density at radius 2 is 1.81 bits per heavy atom. The van der Waals surface area contributed by atoms with Crippen molar-refractivity contribution < 1.29 is 28.2 Å². The van der Waals surface area contributed by atoms with Gasteiger partial charge in [0.2, 0.25) is 0 Å². The van der Waals surface area contributed by atoms with Crippen molar-refractivity contribution in [3.63, 3.8) is 0 Å². The molecule has 7 heteroatoms. The van der Waals surface area contributed by atoms with Gasteiger partial charge in [-0.2, -0.15) is 0 Å². The number of esters is 1. The molecule has 1 aromatic carbocycles. The number of methoxy groups -OCH3 is 2. The predicted octanol–water partition coefficient (Wildman–Crippen LogP) is 3.54. The molecule has 0 saturated carbocycles. The maximum atomic E-state index is 12.5. The van der Waals surface area contributed by atoms with Crippen LogP contribution in [0.5, 0.6) is 5.75 Å². The van der Waals surface area contributed by atoms with Crippen molar-refractivity contribution >= 4 is 14.3 Å². The predicted molar refractivity (Wildman–Crippen MR) is 105 cm³/mol. The lowest BCUT2D eigenvalue weighted by Crippen LogP contribution is -2.52. The maximum absolute atomic E-state index is 12.5. The fourth-order valence-electron chi connectivity index (χ4n) is 2.41. The fraction of sp³-hybridized carbons (Fsp3) is 0.650. The number of carbonyl (C=O) groups excluding carboxylic acids is 1. The van der Waals surface area contributed by atoms with Crippen LogP contribution in [-0.2, 0) is 30.0 Å². The first kappa shape index (κ1) is 21.9. The average molecular weight is 397 g/mol. The molecule has 1 heterocycles. The van der Waals surface area contributed by atoms with Gasteiger partial charge in [-0.3, -0.25) is 0 Å². The van der Waals surface area contributed by atoms with Crippen molar-refractivity contribution in [3.05, 3.63) is 29.8 Å². The van der Waals surface area contributed by atoms with Gasteiger partial charge >= 0.3 is 5.97 Å². The zero-order valence-electron chi connectivity index (χ0n) is 17.4. The zero-order valence-corrected chi connectivity index (χ0v) is 18.4. The van der Waals surface area contributed by atoms with Crippen LogP contribution in [0.3, 0.4) is 0 Å². The van der Waals surface area contributed by atoms with E-state index < -0.39 is 26.5 Å². The third-order valence-corrected chi connectivity index (χ3v) is 9.74. The van der Waals surface area contributed by atoms with Crippen molar-refractivity contribution in [1.29, 1.82) is 0 Å². The summed E-state index contributed by atoms with van der Waals surface area (Å²) in [6.45, 7) is 11.5. The van der Waals surface area contributed by atoms with E-state index in [-0.39, 0.29) is 11.1 Å². The average Bonchev–Trinajstić information content (AvgIpc) is 3.44. The molecule has 0 spiro atoms. The van der Waals surface area contributed by atoms with E-state index in [1.807, 2.05) is 24.3 Å². The lowest BCUT2D eigenvalue weighted by Gasteiger charge is -2.40. The number of hydrogen-bond acceptors (Lipinski definition) is 6. The molecule has 1 aromatic rings. The van der Waals surface area contributed by atoms with E-state index in [9.17, 15) is 4.79 Å². The quantitative estimate of drug-likeness (QED) is 0.361. The Bertz CT molecular complexity index is 618. The molecule has 0 bridgehead atoms. The van der Waals surface area contributed by atoms with Crippen LogP contribution >= 0.6 is 0 Å². The second kappa shape index (κ2) is 8.73. The molecule has 0 radical (unpaired) electrons. The molecule has 1 fully saturated rings. The number of benzene rings is 1. The second-order valence-electron chi connectivity index (χ2n) is 8.32. The molecule has 3 atom stereocenters. The minimum atomic E-state index is -2.20. The second-order valence-corrected chi connectivity index (χ2v) is 13.1. The molecule has 0 aliphatic carbocycles. The van der Waals surface area contributed by atoms with Crippen LogP contribution in [-0.4, -0.2) is 53.4 Å². The molecule has 27 heavy (non-hydrogen) atoms. The van der Waals surface area contributed by atoms with Crippen LogP contribution in [0.1, 0.15) is 26.3 Å². The molecule has 1 saturated heterocycles. The third-order valence-electron chi connectivity index (χ3n) is 5.29. The summed E-state index contributed by atoms with van der Waals surface area (Å²) in [5.74, 6) is 0.365. The molecule has 1 aliphatic heterocycles. The van der Waals surface area contributed by atoms with E-state index in [0.29, 0.717) is 13.2 Å². The highest BCUT2D eigenvalue weighted by Gasteiger charge is 2.48. The molecule has 2 rings (SSSR count). The Morgan fingerprint density at radius 1 is 1.22 bits per heavy atom. The van der Waals surface area contributed by atoms with Gasteiger partial charge in [0.15, 0.2) is 14.4 Å². The van der Waals surface area contributed by atoms with E-state index in [2.05, 4.69) is 33.9 Å². The summed E-state index contributed by atoms with van der Waals surface area (Å²) >= 11 is 0. The Kier molecular flexibility index (Phi) is 7.07. The largest absolute Gasteiger partial charge is 0.497 e. The number of hydrogen-bond donors (Lipinski definition) is 0. The van der Waals surface area contributed by atoms with Crippen LogP contribution in [0.2, 0.25) is 18.1 Å². The summed E-state index contributed by atoms with van der Waals surface area (Å²) in [6.07, 6.45) is -1.47. The summed E-state index contributed by atoms with van der Waals surface area (Å²) in [7, 11) is 0.802. The van der Waals surface area contributed by atoms with Gasteiger partial charge in [-0.05, 0) is 35.8 Å². The molecule has 152 valence electrons. The van der Waals surface area contributed by atoms with E-state index in [1.165, 1.54) is 7.11 Å². The van der Waals surface area contributed by atoms with Gasteiger partial charge < -0.3 is 23.4 Å². The van der Waals surface area contributed by atoms with Crippen LogP contribution < -0.4 is 4.74 Å². The highest BCUT2D eigenvalue weighted by molar-refractivity contribution is 6.74. The molecule has 0 N–H and O–H groups in total. The molecule has 0 unspecified atom stereocenters. The number of epoxide rings is 1. The Morgan fingerprint density at radius 3 is 2.26 bits per heavy atom. The van der Waals surface area contributed by atoms with Crippen LogP contribution in [0, 0.1) is 0 Å². The highest BCUT2D eigenvalue weighted by Crippen LogP contribution is 2.39. The molecule has 0 amide bonds. The maximum Gasteiger partial charge on any atom is 0.336 e. The summed E-state index contributed by atoms with van der Waals surface area (Å²) in [5, 5.41) is -0.0375. The lowest BCUT2D eigenvalue weighted by molar-refractivity contribution is -0.159. The normalized spacial score (nSPS) is 19.3. The molecule has 6 nitrogen and oxygen atoms in total. The summed E-state index contributed by atoms with van der Waals surface area (Å²) < 4.78 is 28.1. The topological polar surface area (TPSA) is 66.5 Å². The lowest BCUT2D eigenvalue weighted by atomic mass is 10.1. The van der Waals surface area contributed by atoms with Gasteiger partial charge in [0.25, 0.3) is 0 Å². The summed E-state index contributed by atoms with van der Waals surface area (Å²) in [6, 6.07) is 7.63. The summed E-state index contributed by atoms with van der Waals surface area (Å²) in [5.41, 5.74) is 0.984. The number of ether oxygens (including phenoxy) is 4. The highest BCUT2D eigenvalue weighted by atomic mass is 28.4. The SMILES string of the molecule is COC(=O)[C@H](O[Si](C)(C)C(C)(C)C)[C@@H](OCc1ccc(OC)cc1)[C@H]1CO1. The molecule has 1 aliphatic rings. The van der Waals surface area contributed by atoms with E-state index >= 15 is 0 Å². The van der Waals surface area contributed by atoms with Crippen molar-refractivity contribution in [2.24, 2.45) is 0 Å². The van der Waals surface area contributed by atoms with Gasteiger partial charge in [-0.25, -0.2) is 4.79 Å². The minimum Gasteiger partial charge on any atom is -0.497 e. The zero-order chi connectivity index (χ0) is 20.2. The standard InChI is InChI=1S/C20H32O6Si/c1-20(2,3)27(6,7)26-18(19(21)23-5)17(16-13-24-16)25-12-14-8-10-15(22-4)11-9-14/h8-11,16-18H,12-13H2,1-7H3/t16-,17+,18-/m1/s1. The van der Waals surface area contributed by atoms with E-state index in [4.69, 9.17) is 23.4 Å². The van der Waals surface area contributed by atoms with Gasteiger partial charge in [0, 0.05) is 0 Å². The van der Waals surface area contributed by atoms with Crippen molar-refractivity contribution in [3.8, 4) is 5.75 Å². The van der Waals surface area contributed by atoms with Gasteiger partial charge in [-0.15, -0.1) is 0 Å². The molecular formula is C20H32O6Si.